The SMILES string of the molecule is CCCCCCC(C)NC(=O)OC(=O)NCc1ccc2c(c1)[C@]1(C)CCN[C@@H]1N2C. The van der Waals surface area contributed by atoms with Gasteiger partial charge < -0.3 is 20.3 Å². The monoisotopic (exact) mass is 416 g/mol. The first kappa shape index (κ1) is 22.4. The first-order chi connectivity index (χ1) is 14.3. The summed E-state index contributed by atoms with van der Waals surface area (Å²) < 4.78 is 4.85. The van der Waals surface area contributed by atoms with Crippen molar-refractivity contribution in [3.63, 3.8) is 0 Å². The summed E-state index contributed by atoms with van der Waals surface area (Å²) in [6.07, 6.45) is 5.46. The Morgan fingerprint density at radius 2 is 2.10 bits per heavy atom. The molecule has 2 aliphatic heterocycles. The van der Waals surface area contributed by atoms with E-state index in [4.69, 9.17) is 4.74 Å². The fraction of sp³-hybridized carbons (Fsp3) is 0.652. The van der Waals surface area contributed by atoms with E-state index in [9.17, 15) is 9.59 Å². The quantitative estimate of drug-likeness (QED) is 0.441. The number of nitrogens with one attached hydrogen (secondary N) is 3. The Bertz CT molecular complexity index is 769. The van der Waals surface area contributed by atoms with Crippen LogP contribution in [0.1, 0.15) is 70.4 Å². The molecule has 0 saturated carbocycles. The summed E-state index contributed by atoms with van der Waals surface area (Å²) in [5.74, 6) is 0. The van der Waals surface area contributed by atoms with E-state index in [1.807, 2.05) is 13.0 Å². The number of benzene rings is 1. The van der Waals surface area contributed by atoms with Crippen molar-refractivity contribution in [1.82, 2.24) is 16.0 Å². The zero-order chi connectivity index (χ0) is 21.7. The number of unbranched alkanes of at least 4 members (excludes halogenated alkanes) is 3. The molecule has 0 spiro atoms. The maximum Gasteiger partial charge on any atom is 0.416 e. The van der Waals surface area contributed by atoms with Gasteiger partial charge in [0.1, 0.15) is 0 Å². The summed E-state index contributed by atoms with van der Waals surface area (Å²) in [6, 6.07) is 6.27. The summed E-state index contributed by atoms with van der Waals surface area (Å²) in [4.78, 5) is 26.2. The maximum absolute atomic E-state index is 12.0. The van der Waals surface area contributed by atoms with Gasteiger partial charge in [-0.1, -0.05) is 51.7 Å². The number of rotatable bonds is 8. The molecule has 1 aromatic carbocycles. The van der Waals surface area contributed by atoms with Gasteiger partial charge in [-0.2, -0.15) is 0 Å². The number of ether oxygens (including phenoxy) is 1. The van der Waals surface area contributed by atoms with E-state index in [0.29, 0.717) is 12.7 Å². The second-order valence-electron chi connectivity index (χ2n) is 8.91. The van der Waals surface area contributed by atoms with E-state index in [1.54, 1.807) is 0 Å². The molecule has 0 aromatic heterocycles. The number of fused-ring (bicyclic) bond motifs is 3. The number of carbonyl (C=O) groups is 2. The molecule has 166 valence electrons. The van der Waals surface area contributed by atoms with Gasteiger partial charge in [-0.3, -0.25) is 5.32 Å². The molecule has 0 radical (unpaired) electrons. The maximum atomic E-state index is 12.0. The van der Waals surface area contributed by atoms with E-state index in [0.717, 1.165) is 37.8 Å². The molecular weight excluding hydrogens is 380 g/mol. The molecule has 2 amide bonds. The van der Waals surface area contributed by atoms with Crippen molar-refractivity contribution in [2.24, 2.45) is 0 Å². The average molecular weight is 417 g/mol. The normalized spacial score (nSPS) is 22.9. The summed E-state index contributed by atoms with van der Waals surface area (Å²) in [7, 11) is 2.12. The van der Waals surface area contributed by atoms with E-state index >= 15 is 0 Å². The van der Waals surface area contributed by atoms with Gasteiger partial charge in [0.25, 0.3) is 0 Å². The molecule has 3 N–H and O–H groups in total. The van der Waals surface area contributed by atoms with Crippen molar-refractivity contribution in [2.45, 2.75) is 83.5 Å². The van der Waals surface area contributed by atoms with Crippen LogP contribution in [0.4, 0.5) is 15.3 Å². The Morgan fingerprint density at radius 1 is 1.30 bits per heavy atom. The van der Waals surface area contributed by atoms with Crippen LogP contribution in [0.15, 0.2) is 18.2 Å². The highest BCUT2D eigenvalue weighted by Gasteiger charge is 2.49. The van der Waals surface area contributed by atoms with E-state index < -0.39 is 12.2 Å². The standard InChI is InChI=1S/C23H36N4O3/c1-5-6-7-8-9-16(2)26-22(29)30-21(28)25-15-17-10-11-19-18(14-17)23(3)12-13-24-20(23)27(19)4/h10-11,14,16,20,24H,5-9,12-13,15H2,1-4H3,(H,25,28)(H,26,29)/t16?,20-,23+/m1/s1. The molecule has 0 aliphatic carbocycles. The lowest BCUT2D eigenvalue weighted by Crippen LogP contribution is -2.44. The number of hydrogen-bond acceptors (Lipinski definition) is 5. The minimum atomic E-state index is -0.727. The Labute approximate surface area is 179 Å². The lowest BCUT2D eigenvalue weighted by Gasteiger charge is -2.27. The number of carbonyl (C=O) groups excluding carboxylic acids is 2. The predicted molar refractivity (Wildman–Crippen MR) is 119 cm³/mol. The fourth-order valence-corrected chi connectivity index (χ4v) is 4.75. The van der Waals surface area contributed by atoms with E-state index in [1.165, 1.54) is 24.1 Å². The number of likely N-dealkylation sites (N-methyl/N-ethyl adjacent to an activating group) is 1. The first-order valence-corrected chi connectivity index (χ1v) is 11.2. The van der Waals surface area contributed by atoms with Crippen LogP contribution < -0.4 is 20.9 Å². The van der Waals surface area contributed by atoms with Gasteiger partial charge in [-0.25, -0.2) is 9.59 Å². The zero-order valence-corrected chi connectivity index (χ0v) is 18.7. The van der Waals surface area contributed by atoms with Gasteiger partial charge in [0.2, 0.25) is 0 Å². The molecule has 1 saturated heterocycles. The molecule has 30 heavy (non-hydrogen) atoms. The summed E-state index contributed by atoms with van der Waals surface area (Å²) in [6.45, 7) is 7.72. The molecule has 1 unspecified atom stereocenters. The van der Waals surface area contributed by atoms with Crippen molar-refractivity contribution >= 4 is 17.9 Å². The Morgan fingerprint density at radius 3 is 2.87 bits per heavy atom. The van der Waals surface area contributed by atoms with Crippen LogP contribution in [0.25, 0.3) is 0 Å². The Kier molecular flexibility index (Phi) is 7.23. The third-order valence-electron chi connectivity index (χ3n) is 6.51. The van der Waals surface area contributed by atoms with Crippen molar-refractivity contribution in [2.75, 3.05) is 18.5 Å². The first-order valence-electron chi connectivity index (χ1n) is 11.2. The number of alkyl carbamates (subject to hydrolysis) is 2. The van der Waals surface area contributed by atoms with Gasteiger partial charge in [-0.15, -0.1) is 0 Å². The summed E-state index contributed by atoms with van der Waals surface area (Å²) in [5, 5.41) is 8.98. The van der Waals surface area contributed by atoms with Gasteiger partial charge in [0, 0.05) is 30.7 Å². The van der Waals surface area contributed by atoms with Gasteiger partial charge in [0.05, 0.1) is 6.17 Å². The number of nitrogens with zero attached hydrogens (tertiary/aromatic N) is 1. The number of hydrogen-bond donors (Lipinski definition) is 3. The van der Waals surface area contributed by atoms with E-state index in [-0.39, 0.29) is 11.5 Å². The Hall–Kier alpha value is -2.28. The fourth-order valence-electron chi connectivity index (χ4n) is 4.75. The highest BCUT2D eigenvalue weighted by molar-refractivity contribution is 5.83. The third-order valence-corrected chi connectivity index (χ3v) is 6.51. The van der Waals surface area contributed by atoms with E-state index in [2.05, 4.69) is 53.9 Å². The average Bonchev–Trinajstić information content (AvgIpc) is 3.19. The molecule has 7 nitrogen and oxygen atoms in total. The van der Waals surface area contributed by atoms with Crippen LogP contribution >= 0.6 is 0 Å². The molecule has 2 heterocycles. The smallest absolute Gasteiger partial charge is 0.359 e. The minimum absolute atomic E-state index is 0.00966. The number of anilines is 1. The molecule has 7 heteroatoms. The molecule has 3 rings (SSSR count). The topological polar surface area (TPSA) is 82.7 Å². The van der Waals surface area contributed by atoms with Crippen LogP contribution in [-0.2, 0) is 16.7 Å². The van der Waals surface area contributed by atoms with Crippen LogP contribution in [0.5, 0.6) is 0 Å². The van der Waals surface area contributed by atoms with Crippen LogP contribution in [0.2, 0.25) is 0 Å². The third kappa shape index (κ3) is 4.89. The van der Waals surface area contributed by atoms with Crippen LogP contribution in [0, 0.1) is 0 Å². The molecule has 1 aromatic rings. The summed E-state index contributed by atoms with van der Waals surface area (Å²) >= 11 is 0. The van der Waals surface area contributed by atoms with Crippen molar-refractivity contribution in [3.05, 3.63) is 29.3 Å². The second-order valence-corrected chi connectivity index (χ2v) is 8.91. The van der Waals surface area contributed by atoms with Gasteiger partial charge in [0.15, 0.2) is 0 Å². The van der Waals surface area contributed by atoms with Crippen molar-refractivity contribution < 1.29 is 14.3 Å². The largest absolute Gasteiger partial charge is 0.416 e. The van der Waals surface area contributed by atoms with Gasteiger partial charge >= 0.3 is 12.2 Å². The van der Waals surface area contributed by atoms with Crippen molar-refractivity contribution in [3.8, 4) is 0 Å². The molecule has 3 atom stereocenters. The number of amides is 2. The molecule has 1 fully saturated rings. The Balaban J connectivity index is 1.46. The van der Waals surface area contributed by atoms with Crippen LogP contribution in [-0.4, -0.2) is 38.0 Å². The van der Waals surface area contributed by atoms with Crippen LogP contribution in [0.3, 0.4) is 0 Å². The molecule has 0 bridgehead atoms. The lowest BCUT2D eigenvalue weighted by molar-refractivity contribution is 0.147. The van der Waals surface area contributed by atoms with Crippen molar-refractivity contribution in [1.29, 1.82) is 0 Å². The zero-order valence-electron chi connectivity index (χ0n) is 18.7. The lowest BCUT2D eigenvalue weighted by atomic mass is 9.81. The molecule has 2 aliphatic rings. The minimum Gasteiger partial charge on any atom is -0.359 e. The van der Waals surface area contributed by atoms with Gasteiger partial charge in [-0.05, 0) is 43.5 Å². The highest BCUT2D eigenvalue weighted by atomic mass is 16.6. The predicted octanol–water partition coefficient (Wildman–Crippen LogP) is 4.01. The molecular formula is C23H36N4O3. The highest BCUT2D eigenvalue weighted by Crippen LogP contribution is 2.48. The summed E-state index contributed by atoms with van der Waals surface area (Å²) in [5.41, 5.74) is 3.61. The second kappa shape index (κ2) is 9.69.